The van der Waals surface area contributed by atoms with Crippen molar-refractivity contribution in [2.24, 2.45) is 0 Å². The molecule has 1 aliphatic rings. The minimum atomic E-state index is -0.216. The Morgan fingerprint density at radius 3 is 2.70 bits per heavy atom. The van der Waals surface area contributed by atoms with E-state index in [1.807, 2.05) is 56.0 Å². The summed E-state index contributed by atoms with van der Waals surface area (Å²) in [5, 5.41) is 2.95. The van der Waals surface area contributed by atoms with Gasteiger partial charge >= 0.3 is 6.03 Å². The molecule has 142 valence electrons. The standard InChI is InChI=1S/C21H26N4O2/c1-15-5-4-6-18(11-15)13-24-9-10-25(14-20(24)26)21(27)23-17(3)19-8-7-16(2)22-12-19/h4-8,11-12,17H,9-10,13-14H2,1-3H3,(H,23,27)/t17-/m0/s1. The van der Waals surface area contributed by atoms with E-state index >= 15 is 0 Å². The van der Waals surface area contributed by atoms with Crippen LogP contribution in [0.2, 0.25) is 0 Å². The topological polar surface area (TPSA) is 65.5 Å². The van der Waals surface area contributed by atoms with Crippen LogP contribution in [0.25, 0.3) is 0 Å². The number of amides is 3. The van der Waals surface area contributed by atoms with Crippen molar-refractivity contribution < 1.29 is 9.59 Å². The number of hydrogen-bond donors (Lipinski definition) is 1. The Morgan fingerprint density at radius 2 is 2.04 bits per heavy atom. The monoisotopic (exact) mass is 366 g/mol. The highest BCUT2D eigenvalue weighted by atomic mass is 16.2. The van der Waals surface area contributed by atoms with E-state index in [2.05, 4.69) is 16.4 Å². The summed E-state index contributed by atoms with van der Waals surface area (Å²) in [4.78, 5) is 32.7. The molecule has 0 spiro atoms. The van der Waals surface area contributed by atoms with Crippen molar-refractivity contribution in [2.45, 2.75) is 33.4 Å². The van der Waals surface area contributed by atoms with Crippen LogP contribution in [-0.4, -0.2) is 46.4 Å². The fourth-order valence-corrected chi connectivity index (χ4v) is 3.18. The maximum atomic E-state index is 12.5. The second-order valence-electron chi connectivity index (χ2n) is 7.13. The van der Waals surface area contributed by atoms with Gasteiger partial charge in [0.05, 0.1) is 6.04 Å². The lowest BCUT2D eigenvalue weighted by Gasteiger charge is -2.35. The van der Waals surface area contributed by atoms with Gasteiger partial charge in [-0.25, -0.2) is 4.79 Å². The molecule has 3 amide bonds. The number of aromatic nitrogens is 1. The molecule has 1 atom stereocenters. The zero-order valence-corrected chi connectivity index (χ0v) is 16.1. The van der Waals surface area contributed by atoms with E-state index in [9.17, 15) is 9.59 Å². The van der Waals surface area contributed by atoms with Crippen LogP contribution < -0.4 is 5.32 Å². The van der Waals surface area contributed by atoms with Crippen molar-refractivity contribution in [3.63, 3.8) is 0 Å². The maximum absolute atomic E-state index is 12.5. The van der Waals surface area contributed by atoms with Crippen molar-refractivity contribution >= 4 is 11.9 Å². The van der Waals surface area contributed by atoms with Crippen molar-refractivity contribution in [1.29, 1.82) is 0 Å². The van der Waals surface area contributed by atoms with Gasteiger partial charge in [0.15, 0.2) is 0 Å². The lowest BCUT2D eigenvalue weighted by molar-refractivity contribution is -0.135. The Balaban J connectivity index is 1.54. The molecular formula is C21H26N4O2. The van der Waals surface area contributed by atoms with Crippen LogP contribution in [0, 0.1) is 13.8 Å². The van der Waals surface area contributed by atoms with E-state index in [0.717, 1.165) is 16.8 Å². The number of piperazine rings is 1. The Labute approximate surface area is 160 Å². The van der Waals surface area contributed by atoms with Gasteiger partial charge < -0.3 is 15.1 Å². The van der Waals surface area contributed by atoms with Crippen LogP contribution in [0.5, 0.6) is 0 Å². The lowest BCUT2D eigenvalue weighted by atomic mass is 10.1. The van der Waals surface area contributed by atoms with E-state index in [-0.39, 0.29) is 24.5 Å². The van der Waals surface area contributed by atoms with Gasteiger partial charge in [0, 0.05) is 31.5 Å². The van der Waals surface area contributed by atoms with Crippen LogP contribution in [0.4, 0.5) is 4.79 Å². The van der Waals surface area contributed by atoms with Gasteiger partial charge in [-0.1, -0.05) is 35.9 Å². The molecule has 1 aromatic carbocycles. The van der Waals surface area contributed by atoms with Gasteiger partial charge in [-0.2, -0.15) is 0 Å². The van der Waals surface area contributed by atoms with Gasteiger partial charge in [0.2, 0.25) is 5.91 Å². The number of rotatable bonds is 4. The predicted molar refractivity (Wildman–Crippen MR) is 104 cm³/mol. The third-order valence-corrected chi connectivity index (χ3v) is 4.84. The largest absolute Gasteiger partial charge is 0.335 e. The van der Waals surface area contributed by atoms with Crippen LogP contribution in [0.3, 0.4) is 0 Å². The number of urea groups is 1. The minimum absolute atomic E-state index is 0.0254. The molecule has 27 heavy (non-hydrogen) atoms. The molecule has 0 unspecified atom stereocenters. The summed E-state index contributed by atoms with van der Waals surface area (Å²) < 4.78 is 0. The van der Waals surface area contributed by atoms with Gasteiger partial charge in [-0.15, -0.1) is 0 Å². The summed E-state index contributed by atoms with van der Waals surface area (Å²) in [6.45, 7) is 7.65. The Kier molecular flexibility index (Phi) is 5.74. The maximum Gasteiger partial charge on any atom is 0.318 e. The fourth-order valence-electron chi connectivity index (χ4n) is 3.18. The van der Waals surface area contributed by atoms with E-state index in [1.54, 1.807) is 11.1 Å². The summed E-state index contributed by atoms with van der Waals surface area (Å²) >= 11 is 0. The Morgan fingerprint density at radius 1 is 1.22 bits per heavy atom. The molecule has 6 heteroatoms. The molecular weight excluding hydrogens is 340 g/mol. The first-order valence-corrected chi connectivity index (χ1v) is 9.23. The molecule has 1 N–H and O–H groups in total. The average Bonchev–Trinajstić information content (AvgIpc) is 2.64. The molecule has 0 radical (unpaired) electrons. The molecule has 0 aliphatic carbocycles. The average molecular weight is 366 g/mol. The first-order chi connectivity index (χ1) is 12.9. The number of hydrogen-bond acceptors (Lipinski definition) is 3. The quantitative estimate of drug-likeness (QED) is 0.905. The molecule has 1 aliphatic heterocycles. The third-order valence-electron chi connectivity index (χ3n) is 4.84. The SMILES string of the molecule is Cc1cccc(CN2CCN(C(=O)N[C@@H](C)c3ccc(C)nc3)CC2=O)c1. The first-order valence-electron chi connectivity index (χ1n) is 9.23. The Bertz CT molecular complexity index is 819. The zero-order valence-electron chi connectivity index (χ0n) is 16.1. The molecule has 0 bridgehead atoms. The normalized spacial score (nSPS) is 15.6. The van der Waals surface area contributed by atoms with Gasteiger partial charge in [0.1, 0.15) is 6.54 Å². The second-order valence-corrected chi connectivity index (χ2v) is 7.13. The molecule has 0 saturated carbocycles. The van der Waals surface area contributed by atoms with Crippen LogP contribution in [0.1, 0.15) is 35.3 Å². The zero-order chi connectivity index (χ0) is 19.4. The number of carbonyl (C=O) groups is 2. The number of carbonyl (C=O) groups excluding carboxylic acids is 2. The van der Waals surface area contributed by atoms with Gasteiger partial charge in [-0.05, 0) is 38.0 Å². The van der Waals surface area contributed by atoms with Gasteiger partial charge in [-0.3, -0.25) is 9.78 Å². The summed E-state index contributed by atoms with van der Waals surface area (Å²) in [5.74, 6) is -0.0254. The Hall–Kier alpha value is -2.89. The molecule has 3 rings (SSSR count). The first kappa shape index (κ1) is 18.9. The number of nitrogens with zero attached hydrogens (tertiary/aromatic N) is 3. The van der Waals surface area contributed by atoms with E-state index in [0.29, 0.717) is 19.6 Å². The van der Waals surface area contributed by atoms with E-state index in [1.165, 1.54) is 5.56 Å². The highest BCUT2D eigenvalue weighted by Gasteiger charge is 2.27. The highest BCUT2D eigenvalue weighted by Crippen LogP contribution is 2.14. The number of nitrogens with one attached hydrogen (secondary N) is 1. The summed E-state index contributed by atoms with van der Waals surface area (Å²) in [5.41, 5.74) is 4.17. The second kappa shape index (κ2) is 8.20. The van der Waals surface area contributed by atoms with Crippen molar-refractivity contribution in [3.8, 4) is 0 Å². The molecule has 2 aromatic rings. The minimum Gasteiger partial charge on any atom is -0.335 e. The lowest BCUT2D eigenvalue weighted by Crippen LogP contribution is -2.54. The number of aryl methyl sites for hydroxylation is 2. The van der Waals surface area contributed by atoms with Crippen molar-refractivity contribution in [3.05, 3.63) is 65.0 Å². The van der Waals surface area contributed by atoms with Crippen LogP contribution in [-0.2, 0) is 11.3 Å². The van der Waals surface area contributed by atoms with E-state index in [4.69, 9.17) is 0 Å². The number of pyridine rings is 1. The van der Waals surface area contributed by atoms with Crippen LogP contribution >= 0.6 is 0 Å². The predicted octanol–water partition coefficient (Wildman–Crippen LogP) is 2.81. The van der Waals surface area contributed by atoms with Crippen LogP contribution in [0.15, 0.2) is 42.6 Å². The molecule has 1 aromatic heterocycles. The van der Waals surface area contributed by atoms with Crippen molar-refractivity contribution in [2.75, 3.05) is 19.6 Å². The molecule has 6 nitrogen and oxygen atoms in total. The molecule has 1 saturated heterocycles. The summed E-state index contributed by atoms with van der Waals surface area (Å²) in [7, 11) is 0. The summed E-state index contributed by atoms with van der Waals surface area (Å²) in [6.07, 6.45) is 1.77. The smallest absolute Gasteiger partial charge is 0.318 e. The van der Waals surface area contributed by atoms with Crippen molar-refractivity contribution in [1.82, 2.24) is 20.1 Å². The fraction of sp³-hybridized carbons (Fsp3) is 0.381. The molecule has 2 heterocycles. The summed E-state index contributed by atoms with van der Waals surface area (Å²) in [6, 6.07) is 11.7. The number of benzene rings is 1. The van der Waals surface area contributed by atoms with E-state index < -0.39 is 0 Å². The van der Waals surface area contributed by atoms with Gasteiger partial charge in [0.25, 0.3) is 0 Å². The third kappa shape index (κ3) is 4.84. The molecule has 1 fully saturated rings. The highest BCUT2D eigenvalue weighted by molar-refractivity contribution is 5.85.